The van der Waals surface area contributed by atoms with Crippen LogP contribution in [0.25, 0.3) is 0 Å². The van der Waals surface area contributed by atoms with E-state index in [-0.39, 0.29) is 17.7 Å². The summed E-state index contributed by atoms with van der Waals surface area (Å²) in [4.78, 5) is 25.2. The molecule has 1 aliphatic rings. The van der Waals surface area contributed by atoms with Crippen LogP contribution in [-0.2, 0) is 4.79 Å². The molecule has 4 rings (SSSR count). The molecule has 1 atom stereocenters. The predicted molar refractivity (Wildman–Crippen MR) is 107 cm³/mol. The van der Waals surface area contributed by atoms with Crippen molar-refractivity contribution in [2.45, 2.75) is 25.0 Å². The van der Waals surface area contributed by atoms with Crippen LogP contribution < -0.4 is 10.1 Å². The van der Waals surface area contributed by atoms with Crippen molar-refractivity contribution in [1.29, 1.82) is 0 Å². The van der Waals surface area contributed by atoms with Crippen molar-refractivity contribution in [2.24, 2.45) is 0 Å². The molecule has 1 saturated carbocycles. The van der Waals surface area contributed by atoms with Crippen molar-refractivity contribution in [1.82, 2.24) is 5.32 Å². The van der Waals surface area contributed by atoms with Crippen molar-refractivity contribution < 1.29 is 14.3 Å². The highest BCUT2D eigenvalue weighted by atomic mass is 16.5. The van der Waals surface area contributed by atoms with Gasteiger partial charge in [-0.1, -0.05) is 60.7 Å². The Morgan fingerprint density at radius 1 is 0.786 bits per heavy atom. The molecule has 0 aromatic heterocycles. The lowest BCUT2D eigenvalue weighted by molar-refractivity contribution is -0.128. The van der Waals surface area contributed by atoms with Gasteiger partial charge in [0.1, 0.15) is 5.75 Å². The molecule has 28 heavy (non-hydrogen) atoms. The lowest BCUT2D eigenvalue weighted by atomic mass is 10.0. The smallest absolute Gasteiger partial charge is 0.266 e. The van der Waals surface area contributed by atoms with Crippen LogP contribution in [0, 0.1) is 0 Å². The monoisotopic (exact) mass is 371 g/mol. The summed E-state index contributed by atoms with van der Waals surface area (Å²) in [7, 11) is 0. The van der Waals surface area contributed by atoms with Gasteiger partial charge in [0, 0.05) is 22.7 Å². The first-order chi connectivity index (χ1) is 13.7. The zero-order chi connectivity index (χ0) is 19.3. The molecule has 3 aromatic rings. The highest BCUT2D eigenvalue weighted by molar-refractivity contribution is 6.09. The average Bonchev–Trinajstić information content (AvgIpc) is 3.57. The van der Waals surface area contributed by atoms with E-state index in [9.17, 15) is 9.59 Å². The van der Waals surface area contributed by atoms with E-state index < -0.39 is 6.10 Å². The van der Waals surface area contributed by atoms with Crippen LogP contribution in [-0.4, -0.2) is 17.7 Å². The van der Waals surface area contributed by atoms with Crippen LogP contribution in [0.5, 0.6) is 5.75 Å². The van der Waals surface area contributed by atoms with E-state index in [2.05, 4.69) is 5.32 Å². The molecule has 0 spiro atoms. The molecule has 0 aliphatic heterocycles. The summed E-state index contributed by atoms with van der Waals surface area (Å²) in [6, 6.07) is 25.8. The van der Waals surface area contributed by atoms with E-state index in [1.54, 1.807) is 36.4 Å². The van der Waals surface area contributed by atoms with E-state index in [0.29, 0.717) is 16.9 Å². The Hall–Kier alpha value is -3.40. The minimum atomic E-state index is -0.725. The summed E-state index contributed by atoms with van der Waals surface area (Å²) < 4.78 is 6.01. The molecule has 1 amide bonds. The molecule has 4 nitrogen and oxygen atoms in total. The molecular formula is C24H21NO3. The van der Waals surface area contributed by atoms with Crippen LogP contribution in [0.2, 0.25) is 0 Å². The van der Waals surface area contributed by atoms with E-state index in [1.165, 1.54) is 0 Å². The van der Waals surface area contributed by atoms with Gasteiger partial charge < -0.3 is 10.1 Å². The number of hydrogen-bond donors (Lipinski definition) is 1. The lowest BCUT2D eigenvalue weighted by Gasteiger charge is -2.19. The molecule has 1 N–H and O–H groups in total. The van der Waals surface area contributed by atoms with Crippen LogP contribution >= 0.6 is 0 Å². The largest absolute Gasteiger partial charge is 0.476 e. The number of nitrogens with one attached hydrogen (secondary N) is 1. The second kappa shape index (κ2) is 8.09. The molecule has 4 heteroatoms. The number of amides is 1. The van der Waals surface area contributed by atoms with Crippen molar-refractivity contribution in [3.05, 3.63) is 102 Å². The van der Waals surface area contributed by atoms with Crippen LogP contribution in [0.3, 0.4) is 0 Å². The normalized spacial score (nSPS) is 14.1. The van der Waals surface area contributed by atoms with Gasteiger partial charge in [-0.15, -0.1) is 0 Å². The predicted octanol–water partition coefficient (Wildman–Crippen LogP) is 4.32. The van der Waals surface area contributed by atoms with E-state index in [0.717, 1.165) is 18.4 Å². The van der Waals surface area contributed by atoms with Crippen molar-refractivity contribution >= 4 is 11.7 Å². The molecule has 0 bridgehead atoms. The molecular weight excluding hydrogens is 350 g/mol. The van der Waals surface area contributed by atoms with Gasteiger partial charge in [0.05, 0.1) is 0 Å². The molecule has 0 saturated heterocycles. The third-order valence-corrected chi connectivity index (χ3v) is 4.67. The number of carbonyl (C=O) groups excluding carboxylic acids is 2. The first-order valence-corrected chi connectivity index (χ1v) is 9.42. The van der Waals surface area contributed by atoms with E-state index in [4.69, 9.17) is 4.74 Å². The Kier molecular flexibility index (Phi) is 5.20. The number of rotatable bonds is 7. The quantitative estimate of drug-likeness (QED) is 0.630. The Morgan fingerprint density at radius 2 is 1.36 bits per heavy atom. The summed E-state index contributed by atoms with van der Waals surface area (Å²) in [6.45, 7) is 0. The van der Waals surface area contributed by atoms with E-state index in [1.807, 2.05) is 48.5 Å². The highest BCUT2D eigenvalue weighted by Crippen LogP contribution is 2.26. The molecule has 3 aromatic carbocycles. The van der Waals surface area contributed by atoms with E-state index >= 15 is 0 Å². The summed E-state index contributed by atoms with van der Waals surface area (Å²) in [5.74, 6) is 0.362. The number of hydrogen-bond acceptors (Lipinski definition) is 3. The van der Waals surface area contributed by atoms with Crippen LogP contribution in [0.15, 0.2) is 84.9 Å². The highest BCUT2D eigenvalue weighted by Gasteiger charge is 2.29. The minimum Gasteiger partial charge on any atom is -0.476 e. The second-order valence-corrected chi connectivity index (χ2v) is 6.91. The van der Waals surface area contributed by atoms with Gasteiger partial charge in [0.2, 0.25) is 6.10 Å². The molecule has 0 heterocycles. The maximum atomic E-state index is 12.7. The Balaban J connectivity index is 1.52. The van der Waals surface area contributed by atoms with Gasteiger partial charge in [-0.05, 0) is 37.1 Å². The Bertz CT molecular complexity index is 948. The maximum absolute atomic E-state index is 12.7. The fourth-order valence-electron chi connectivity index (χ4n) is 2.98. The molecule has 140 valence electrons. The first-order valence-electron chi connectivity index (χ1n) is 9.42. The fraction of sp³-hybridized carbons (Fsp3) is 0.167. The number of ketones is 1. The van der Waals surface area contributed by atoms with Crippen LogP contribution in [0.1, 0.15) is 40.4 Å². The van der Waals surface area contributed by atoms with Gasteiger partial charge in [0.15, 0.2) is 5.78 Å². The second-order valence-electron chi connectivity index (χ2n) is 6.91. The minimum absolute atomic E-state index is 0.0433. The number of carbonyl (C=O) groups is 2. The standard InChI is InChI=1S/C24H21NO3/c26-22(17-7-3-1-4-8-17)18-11-15-21(16-12-18)28-23(19-9-5-2-6-10-19)24(27)25-20-13-14-20/h1-12,15-16,20,23H,13-14H2,(H,25,27)/t23-/m0/s1. The zero-order valence-corrected chi connectivity index (χ0v) is 15.4. The summed E-state index contributed by atoms with van der Waals surface area (Å²) in [6.07, 6.45) is 1.31. The van der Waals surface area contributed by atoms with Gasteiger partial charge in [-0.2, -0.15) is 0 Å². The van der Waals surface area contributed by atoms with Crippen LogP contribution in [0.4, 0.5) is 0 Å². The molecule has 1 fully saturated rings. The number of benzene rings is 3. The fourth-order valence-corrected chi connectivity index (χ4v) is 2.98. The summed E-state index contributed by atoms with van der Waals surface area (Å²) in [5.41, 5.74) is 2.02. The van der Waals surface area contributed by atoms with Gasteiger partial charge in [-0.25, -0.2) is 0 Å². The molecule has 0 unspecified atom stereocenters. The third-order valence-electron chi connectivity index (χ3n) is 4.67. The first kappa shape index (κ1) is 18.0. The number of ether oxygens (including phenoxy) is 1. The molecule has 0 radical (unpaired) electrons. The van der Waals surface area contributed by atoms with Crippen molar-refractivity contribution in [3.63, 3.8) is 0 Å². The summed E-state index contributed by atoms with van der Waals surface area (Å²) in [5, 5.41) is 3.01. The lowest BCUT2D eigenvalue weighted by Crippen LogP contribution is -2.33. The van der Waals surface area contributed by atoms with Crippen molar-refractivity contribution in [3.8, 4) is 5.75 Å². The SMILES string of the molecule is O=C(c1ccccc1)c1ccc(O[C@H](C(=O)NC2CC2)c2ccccc2)cc1. The topological polar surface area (TPSA) is 55.4 Å². The third kappa shape index (κ3) is 4.29. The Labute approximate surface area is 164 Å². The van der Waals surface area contributed by atoms with Gasteiger partial charge >= 0.3 is 0 Å². The van der Waals surface area contributed by atoms with Gasteiger partial charge in [-0.3, -0.25) is 9.59 Å². The zero-order valence-electron chi connectivity index (χ0n) is 15.4. The van der Waals surface area contributed by atoms with Crippen molar-refractivity contribution in [2.75, 3.05) is 0 Å². The molecule has 1 aliphatic carbocycles. The maximum Gasteiger partial charge on any atom is 0.266 e. The summed E-state index contributed by atoms with van der Waals surface area (Å²) >= 11 is 0. The average molecular weight is 371 g/mol. The van der Waals surface area contributed by atoms with Gasteiger partial charge in [0.25, 0.3) is 5.91 Å². The Morgan fingerprint density at radius 3 is 1.96 bits per heavy atom.